The standard InChI is InChI=1S/C9H18N4O2/c1-12(5-6-15-2)3-4-13-8-10-11-9(13)7-14/h8,14H,3-7H2,1-2H3. The molecule has 0 saturated carbocycles. The van der Waals surface area contributed by atoms with Crippen LogP contribution in [0.5, 0.6) is 0 Å². The van der Waals surface area contributed by atoms with E-state index in [1.165, 1.54) is 0 Å². The highest BCUT2D eigenvalue weighted by molar-refractivity contribution is 4.82. The van der Waals surface area contributed by atoms with E-state index in [2.05, 4.69) is 15.1 Å². The van der Waals surface area contributed by atoms with Crippen molar-refractivity contribution in [2.45, 2.75) is 13.2 Å². The smallest absolute Gasteiger partial charge is 0.158 e. The van der Waals surface area contributed by atoms with E-state index < -0.39 is 0 Å². The number of rotatable bonds is 7. The van der Waals surface area contributed by atoms with Crippen LogP contribution in [0.15, 0.2) is 6.33 Å². The highest BCUT2D eigenvalue weighted by Crippen LogP contribution is 1.95. The van der Waals surface area contributed by atoms with Crippen molar-refractivity contribution >= 4 is 0 Å². The molecular weight excluding hydrogens is 196 g/mol. The predicted molar refractivity (Wildman–Crippen MR) is 55.3 cm³/mol. The Hall–Kier alpha value is -0.980. The second-order valence-corrected chi connectivity index (χ2v) is 3.39. The molecule has 6 heteroatoms. The van der Waals surface area contributed by atoms with Crippen molar-refractivity contribution in [3.63, 3.8) is 0 Å². The summed E-state index contributed by atoms with van der Waals surface area (Å²) in [5.74, 6) is 0.607. The summed E-state index contributed by atoms with van der Waals surface area (Å²) in [5.41, 5.74) is 0. The maximum absolute atomic E-state index is 8.96. The molecule has 0 aliphatic rings. The zero-order chi connectivity index (χ0) is 11.1. The predicted octanol–water partition coefficient (Wildman–Crippen LogP) is -0.651. The van der Waals surface area contributed by atoms with Gasteiger partial charge in [0.15, 0.2) is 5.82 Å². The lowest BCUT2D eigenvalue weighted by Crippen LogP contribution is -2.27. The third-order valence-corrected chi connectivity index (χ3v) is 2.24. The number of aliphatic hydroxyl groups is 1. The van der Waals surface area contributed by atoms with Gasteiger partial charge < -0.3 is 19.3 Å². The molecule has 1 aromatic heterocycles. The lowest BCUT2D eigenvalue weighted by molar-refractivity contribution is 0.159. The van der Waals surface area contributed by atoms with Crippen LogP contribution in [0.4, 0.5) is 0 Å². The summed E-state index contributed by atoms with van der Waals surface area (Å²) in [6.45, 7) is 3.22. The van der Waals surface area contributed by atoms with Crippen molar-refractivity contribution in [2.75, 3.05) is 33.9 Å². The van der Waals surface area contributed by atoms with Crippen molar-refractivity contribution in [3.05, 3.63) is 12.2 Å². The van der Waals surface area contributed by atoms with Gasteiger partial charge in [0.25, 0.3) is 0 Å². The molecule has 0 aromatic carbocycles. The summed E-state index contributed by atoms with van der Waals surface area (Å²) in [6, 6.07) is 0. The van der Waals surface area contributed by atoms with E-state index in [1.54, 1.807) is 13.4 Å². The van der Waals surface area contributed by atoms with Gasteiger partial charge in [0.1, 0.15) is 12.9 Å². The maximum atomic E-state index is 8.96. The van der Waals surface area contributed by atoms with Crippen LogP contribution in [-0.2, 0) is 17.9 Å². The minimum atomic E-state index is -0.0677. The van der Waals surface area contributed by atoms with Crippen LogP contribution in [0.2, 0.25) is 0 Å². The molecule has 0 bridgehead atoms. The first-order valence-corrected chi connectivity index (χ1v) is 4.93. The highest BCUT2D eigenvalue weighted by atomic mass is 16.5. The largest absolute Gasteiger partial charge is 0.388 e. The van der Waals surface area contributed by atoms with Crippen LogP contribution in [0.25, 0.3) is 0 Å². The molecule has 0 unspecified atom stereocenters. The van der Waals surface area contributed by atoms with Gasteiger partial charge in [-0.05, 0) is 7.05 Å². The molecule has 0 amide bonds. The Morgan fingerprint density at radius 3 is 3.00 bits per heavy atom. The van der Waals surface area contributed by atoms with E-state index in [1.807, 2.05) is 11.6 Å². The molecule has 0 aliphatic carbocycles. The number of nitrogens with zero attached hydrogens (tertiary/aromatic N) is 4. The molecule has 0 saturated heterocycles. The number of hydrogen-bond donors (Lipinski definition) is 1. The maximum Gasteiger partial charge on any atom is 0.158 e. The monoisotopic (exact) mass is 214 g/mol. The average Bonchev–Trinajstić information content (AvgIpc) is 2.70. The van der Waals surface area contributed by atoms with Crippen LogP contribution in [0, 0.1) is 0 Å². The molecule has 0 aliphatic heterocycles. The molecule has 0 radical (unpaired) electrons. The first-order valence-electron chi connectivity index (χ1n) is 4.93. The summed E-state index contributed by atoms with van der Waals surface area (Å²) in [6.07, 6.45) is 1.63. The molecule has 1 aromatic rings. The topological polar surface area (TPSA) is 63.4 Å². The van der Waals surface area contributed by atoms with Crippen molar-refractivity contribution in [2.24, 2.45) is 0 Å². The number of aliphatic hydroxyl groups excluding tert-OH is 1. The quantitative estimate of drug-likeness (QED) is 0.653. The Morgan fingerprint density at radius 1 is 1.53 bits per heavy atom. The van der Waals surface area contributed by atoms with Gasteiger partial charge in [0, 0.05) is 26.7 Å². The van der Waals surface area contributed by atoms with Gasteiger partial charge in [0.2, 0.25) is 0 Å². The van der Waals surface area contributed by atoms with E-state index in [9.17, 15) is 0 Å². The fourth-order valence-electron chi connectivity index (χ4n) is 1.23. The number of methoxy groups -OCH3 is 1. The molecule has 1 heterocycles. The number of aromatic nitrogens is 3. The lowest BCUT2D eigenvalue weighted by atomic mass is 10.5. The van der Waals surface area contributed by atoms with Crippen molar-refractivity contribution in [1.82, 2.24) is 19.7 Å². The number of likely N-dealkylation sites (N-methyl/N-ethyl adjacent to an activating group) is 1. The third kappa shape index (κ3) is 3.94. The third-order valence-electron chi connectivity index (χ3n) is 2.24. The SMILES string of the molecule is COCCN(C)CCn1cnnc1CO. The van der Waals surface area contributed by atoms with Crippen LogP contribution in [0.3, 0.4) is 0 Å². The normalized spacial score (nSPS) is 11.2. The lowest BCUT2D eigenvalue weighted by Gasteiger charge is -2.16. The second kappa shape index (κ2) is 6.49. The van der Waals surface area contributed by atoms with Gasteiger partial charge in [-0.2, -0.15) is 0 Å². The van der Waals surface area contributed by atoms with E-state index in [-0.39, 0.29) is 6.61 Å². The molecule has 0 fully saturated rings. The van der Waals surface area contributed by atoms with E-state index >= 15 is 0 Å². The van der Waals surface area contributed by atoms with Crippen LogP contribution >= 0.6 is 0 Å². The summed E-state index contributed by atoms with van der Waals surface area (Å²) < 4.78 is 6.83. The molecule has 6 nitrogen and oxygen atoms in total. The highest BCUT2D eigenvalue weighted by Gasteiger charge is 2.03. The van der Waals surface area contributed by atoms with Crippen molar-refractivity contribution in [3.8, 4) is 0 Å². The van der Waals surface area contributed by atoms with E-state index in [0.29, 0.717) is 5.82 Å². The van der Waals surface area contributed by atoms with Crippen LogP contribution in [0.1, 0.15) is 5.82 Å². The van der Waals surface area contributed by atoms with Gasteiger partial charge in [0.05, 0.1) is 6.61 Å². The van der Waals surface area contributed by atoms with Gasteiger partial charge in [-0.1, -0.05) is 0 Å². The van der Waals surface area contributed by atoms with Gasteiger partial charge in [-0.15, -0.1) is 10.2 Å². The van der Waals surface area contributed by atoms with Gasteiger partial charge in [-0.25, -0.2) is 0 Å². The van der Waals surface area contributed by atoms with Crippen LogP contribution < -0.4 is 0 Å². The molecule has 0 atom stereocenters. The Balaban J connectivity index is 2.30. The van der Waals surface area contributed by atoms with Crippen molar-refractivity contribution in [1.29, 1.82) is 0 Å². The van der Waals surface area contributed by atoms with E-state index in [4.69, 9.17) is 9.84 Å². The van der Waals surface area contributed by atoms with Gasteiger partial charge in [-0.3, -0.25) is 0 Å². The Labute approximate surface area is 89.5 Å². The van der Waals surface area contributed by atoms with E-state index in [0.717, 1.165) is 26.2 Å². The van der Waals surface area contributed by atoms with Gasteiger partial charge >= 0.3 is 0 Å². The summed E-state index contributed by atoms with van der Waals surface area (Å²) in [7, 11) is 3.72. The fraction of sp³-hybridized carbons (Fsp3) is 0.778. The summed E-state index contributed by atoms with van der Waals surface area (Å²) >= 11 is 0. The number of hydrogen-bond acceptors (Lipinski definition) is 5. The fourth-order valence-corrected chi connectivity index (χ4v) is 1.23. The summed E-state index contributed by atoms with van der Waals surface area (Å²) in [4.78, 5) is 2.16. The second-order valence-electron chi connectivity index (χ2n) is 3.39. The Kier molecular flexibility index (Phi) is 5.23. The molecular formula is C9H18N4O2. The molecule has 1 rings (SSSR count). The number of ether oxygens (including phenoxy) is 1. The molecule has 86 valence electrons. The zero-order valence-corrected chi connectivity index (χ0v) is 9.26. The zero-order valence-electron chi connectivity index (χ0n) is 9.26. The summed E-state index contributed by atoms with van der Waals surface area (Å²) in [5, 5.41) is 16.5. The molecule has 1 N–H and O–H groups in total. The van der Waals surface area contributed by atoms with Crippen molar-refractivity contribution < 1.29 is 9.84 Å². The minimum Gasteiger partial charge on any atom is -0.388 e. The van der Waals surface area contributed by atoms with Crippen LogP contribution in [-0.4, -0.2) is 58.6 Å². The average molecular weight is 214 g/mol. The minimum absolute atomic E-state index is 0.0677. The first kappa shape index (κ1) is 12.1. The first-order chi connectivity index (χ1) is 7.27. The molecule has 15 heavy (non-hydrogen) atoms. The molecule has 0 spiro atoms. The Bertz CT molecular complexity index is 277. The Morgan fingerprint density at radius 2 is 2.33 bits per heavy atom.